The van der Waals surface area contributed by atoms with Crippen LogP contribution in [0.3, 0.4) is 0 Å². The Hall–Kier alpha value is -2.97. The number of hydrogen-bond acceptors (Lipinski definition) is 6. The lowest BCUT2D eigenvalue weighted by Gasteiger charge is -2.42. The van der Waals surface area contributed by atoms with Crippen molar-refractivity contribution in [1.29, 1.82) is 0 Å². The summed E-state index contributed by atoms with van der Waals surface area (Å²) in [6, 6.07) is 16.4. The van der Waals surface area contributed by atoms with Gasteiger partial charge in [0.2, 0.25) is 5.88 Å². The van der Waals surface area contributed by atoms with Gasteiger partial charge in [0.15, 0.2) is 0 Å². The van der Waals surface area contributed by atoms with Crippen LogP contribution in [0.5, 0.6) is 5.88 Å². The summed E-state index contributed by atoms with van der Waals surface area (Å²) in [4.78, 5) is 30.4. The number of nitrogens with zero attached hydrogens (tertiary/aromatic N) is 2. The highest BCUT2D eigenvalue weighted by atomic mass is 16.5. The number of benzene rings is 1. The quantitative estimate of drug-likeness (QED) is 0.443. The van der Waals surface area contributed by atoms with E-state index in [4.69, 9.17) is 4.74 Å². The average Bonchev–Trinajstić information content (AvgIpc) is 3.84. The number of pyridine rings is 1. The van der Waals surface area contributed by atoms with E-state index in [-0.39, 0.29) is 11.3 Å². The van der Waals surface area contributed by atoms with Gasteiger partial charge in [-0.2, -0.15) is 0 Å². The highest BCUT2D eigenvalue weighted by molar-refractivity contribution is 5.92. The average molecular weight is 493 g/mol. The van der Waals surface area contributed by atoms with E-state index in [1.807, 2.05) is 0 Å². The molecular weight excluding hydrogens is 456 g/mol. The third-order valence-corrected chi connectivity index (χ3v) is 8.22. The largest absolute Gasteiger partial charge is 0.481 e. The molecule has 0 spiro atoms. The van der Waals surface area contributed by atoms with Gasteiger partial charge in [0.25, 0.3) is 5.91 Å². The molecule has 3 N–H and O–H groups in total. The molecule has 3 aliphatic rings. The molecule has 0 radical (unpaired) electrons. The minimum absolute atomic E-state index is 0.0784. The Bertz CT molecular complexity index is 1080. The van der Waals surface area contributed by atoms with Gasteiger partial charge < -0.3 is 25.4 Å². The Morgan fingerprint density at radius 1 is 1.08 bits per heavy atom. The lowest BCUT2D eigenvalue weighted by atomic mass is 9.78. The van der Waals surface area contributed by atoms with Gasteiger partial charge >= 0.3 is 5.97 Å². The van der Waals surface area contributed by atoms with Gasteiger partial charge in [0, 0.05) is 43.6 Å². The molecule has 0 bridgehead atoms. The van der Waals surface area contributed by atoms with Crippen LogP contribution in [0, 0.1) is 10.8 Å². The molecule has 192 valence electrons. The fraction of sp³-hybridized carbons (Fsp3) is 0.536. The molecule has 8 nitrogen and oxygen atoms in total. The maximum Gasteiger partial charge on any atom is 0.310 e. The maximum atomic E-state index is 12.0. The van der Waals surface area contributed by atoms with Gasteiger partial charge in [0.1, 0.15) is 5.69 Å². The number of hydrogen-bond donors (Lipinski definition) is 3. The number of carboxylic acids is 1. The van der Waals surface area contributed by atoms with E-state index in [0.29, 0.717) is 36.7 Å². The third-order valence-electron chi connectivity index (χ3n) is 8.22. The number of piperidine rings is 1. The van der Waals surface area contributed by atoms with Crippen molar-refractivity contribution in [1.82, 2.24) is 20.5 Å². The summed E-state index contributed by atoms with van der Waals surface area (Å²) in [5.41, 5.74) is 1.11. The number of carboxylic acid groups (broad SMARTS) is 1. The first-order valence-electron chi connectivity index (χ1n) is 13.0. The minimum Gasteiger partial charge on any atom is -0.481 e. The van der Waals surface area contributed by atoms with Crippen LogP contribution in [0.25, 0.3) is 0 Å². The van der Waals surface area contributed by atoms with E-state index in [1.54, 1.807) is 25.2 Å². The highest BCUT2D eigenvalue weighted by Gasteiger charge is 2.52. The first-order valence-corrected chi connectivity index (χ1v) is 13.0. The summed E-state index contributed by atoms with van der Waals surface area (Å²) < 4.78 is 6.19. The number of likely N-dealkylation sites (tertiary alicyclic amines) is 1. The van der Waals surface area contributed by atoms with Gasteiger partial charge in [-0.3, -0.25) is 9.59 Å². The summed E-state index contributed by atoms with van der Waals surface area (Å²) in [7, 11) is 1.59. The molecule has 2 aromatic rings. The molecule has 1 aliphatic heterocycles. The summed E-state index contributed by atoms with van der Waals surface area (Å²) in [5, 5.41) is 16.0. The molecule has 8 heteroatoms. The smallest absolute Gasteiger partial charge is 0.310 e. The normalized spacial score (nSPS) is 24.0. The minimum atomic E-state index is -0.660. The lowest BCUT2D eigenvalue weighted by Crippen LogP contribution is -2.50. The molecular formula is C28H36N4O4. The molecule has 5 rings (SSSR count). The molecule has 2 aliphatic carbocycles. The Balaban J connectivity index is 1.22. The van der Waals surface area contributed by atoms with E-state index in [1.165, 1.54) is 5.56 Å². The van der Waals surface area contributed by atoms with Gasteiger partial charge in [-0.15, -0.1) is 0 Å². The standard InChI is InChI=1S/C28H36N4O4/c1-29-25(33)22-8-5-9-24(31-22)36-19-27(17-30-23-16-21(23)20-6-3-2-4-7-20)12-14-32(15-13-27)18-28(10-11-28)26(34)35/h2-9,21,23,30H,10-19H2,1H3,(H,29,33)(H,34,35)/t21?,23-/m1/s1. The maximum absolute atomic E-state index is 12.0. The van der Waals surface area contributed by atoms with Crippen molar-refractivity contribution in [3.05, 3.63) is 59.8 Å². The van der Waals surface area contributed by atoms with Crippen LogP contribution in [0.2, 0.25) is 0 Å². The van der Waals surface area contributed by atoms with Crippen molar-refractivity contribution in [2.45, 2.75) is 44.1 Å². The second-order valence-electron chi connectivity index (χ2n) is 10.8. The fourth-order valence-electron chi connectivity index (χ4n) is 5.39. The number of ether oxygens (including phenoxy) is 1. The SMILES string of the molecule is CNC(=O)c1cccc(OCC2(CN[C@@H]3CC3c3ccccc3)CCN(CC3(C(=O)O)CC3)CC2)n1. The Kier molecular flexibility index (Phi) is 6.99. The van der Waals surface area contributed by atoms with E-state index < -0.39 is 11.4 Å². The molecule has 3 fully saturated rings. The molecule has 1 unspecified atom stereocenters. The first kappa shape index (κ1) is 24.7. The van der Waals surface area contributed by atoms with Gasteiger partial charge in [-0.25, -0.2) is 4.98 Å². The molecule has 1 aromatic carbocycles. The number of rotatable bonds is 11. The summed E-state index contributed by atoms with van der Waals surface area (Å²) in [6.07, 6.45) is 4.56. The zero-order valence-electron chi connectivity index (χ0n) is 20.9. The Morgan fingerprint density at radius 3 is 2.50 bits per heavy atom. The Labute approximate surface area is 212 Å². The number of nitrogens with one attached hydrogen (secondary N) is 2. The van der Waals surface area contributed by atoms with Crippen molar-refractivity contribution in [2.75, 3.05) is 39.8 Å². The predicted octanol–water partition coefficient (Wildman–Crippen LogP) is 2.91. The van der Waals surface area contributed by atoms with Crippen LogP contribution in [-0.4, -0.2) is 72.7 Å². The van der Waals surface area contributed by atoms with Crippen molar-refractivity contribution in [3.8, 4) is 5.88 Å². The third kappa shape index (κ3) is 5.55. The second-order valence-corrected chi connectivity index (χ2v) is 10.8. The number of aliphatic carboxylic acids is 1. The van der Waals surface area contributed by atoms with Crippen molar-refractivity contribution < 1.29 is 19.4 Å². The molecule has 36 heavy (non-hydrogen) atoms. The van der Waals surface area contributed by atoms with Crippen molar-refractivity contribution >= 4 is 11.9 Å². The predicted molar refractivity (Wildman–Crippen MR) is 136 cm³/mol. The van der Waals surface area contributed by atoms with Crippen LogP contribution in [0.1, 0.15) is 54.1 Å². The van der Waals surface area contributed by atoms with Crippen LogP contribution >= 0.6 is 0 Å². The zero-order valence-corrected chi connectivity index (χ0v) is 20.9. The lowest BCUT2D eigenvalue weighted by molar-refractivity contribution is -0.144. The molecule has 1 aromatic heterocycles. The van der Waals surface area contributed by atoms with E-state index in [9.17, 15) is 14.7 Å². The first-order chi connectivity index (χ1) is 17.4. The zero-order chi connectivity index (χ0) is 25.2. The molecule has 1 saturated heterocycles. The second kappa shape index (κ2) is 10.2. The fourth-order valence-corrected chi connectivity index (χ4v) is 5.39. The Morgan fingerprint density at radius 2 is 1.83 bits per heavy atom. The summed E-state index contributed by atoms with van der Waals surface area (Å²) in [5.74, 6) is 0.111. The highest BCUT2D eigenvalue weighted by Crippen LogP contribution is 2.47. The van der Waals surface area contributed by atoms with Crippen LogP contribution < -0.4 is 15.4 Å². The van der Waals surface area contributed by atoms with Gasteiger partial charge in [-0.05, 0) is 56.8 Å². The molecule has 2 heterocycles. The number of carbonyl (C=O) groups is 2. The van der Waals surface area contributed by atoms with Crippen molar-refractivity contribution in [2.24, 2.45) is 10.8 Å². The molecule has 1 amide bonds. The van der Waals surface area contributed by atoms with Gasteiger partial charge in [-0.1, -0.05) is 36.4 Å². The molecule has 2 atom stereocenters. The van der Waals surface area contributed by atoms with Crippen molar-refractivity contribution in [3.63, 3.8) is 0 Å². The van der Waals surface area contributed by atoms with E-state index >= 15 is 0 Å². The number of aromatic nitrogens is 1. The molecule has 2 saturated carbocycles. The summed E-state index contributed by atoms with van der Waals surface area (Å²) in [6.45, 7) is 3.71. The number of carbonyl (C=O) groups excluding carboxylic acids is 1. The summed E-state index contributed by atoms with van der Waals surface area (Å²) >= 11 is 0. The number of amides is 1. The van der Waals surface area contributed by atoms with Crippen LogP contribution in [0.4, 0.5) is 0 Å². The monoisotopic (exact) mass is 492 g/mol. The van der Waals surface area contributed by atoms with E-state index in [2.05, 4.69) is 50.8 Å². The van der Waals surface area contributed by atoms with E-state index in [0.717, 1.165) is 51.7 Å². The van der Waals surface area contributed by atoms with Gasteiger partial charge in [0.05, 0.1) is 12.0 Å². The van der Waals surface area contributed by atoms with Crippen LogP contribution in [0.15, 0.2) is 48.5 Å². The topological polar surface area (TPSA) is 104 Å². The van der Waals surface area contributed by atoms with Crippen LogP contribution in [-0.2, 0) is 4.79 Å².